The summed E-state index contributed by atoms with van der Waals surface area (Å²) in [6.07, 6.45) is 5.01. The minimum absolute atomic E-state index is 0.177. The third kappa shape index (κ3) is 4.04. The molecule has 0 bridgehead atoms. The van der Waals surface area contributed by atoms with E-state index in [9.17, 15) is 14.4 Å². The first-order chi connectivity index (χ1) is 13.3. The number of rotatable bonds is 6. The van der Waals surface area contributed by atoms with Gasteiger partial charge in [0, 0.05) is 23.7 Å². The van der Waals surface area contributed by atoms with Gasteiger partial charge in [-0.05, 0) is 60.9 Å². The number of allylic oxidation sites excluding steroid dienone is 1. The lowest BCUT2D eigenvalue weighted by Crippen LogP contribution is -2.38. The Morgan fingerprint density at radius 1 is 1.32 bits per heavy atom. The minimum Gasteiger partial charge on any atom is -0.290 e. The molecule has 1 fully saturated rings. The van der Waals surface area contributed by atoms with Gasteiger partial charge in [0.15, 0.2) is 0 Å². The fourth-order valence-electron chi connectivity index (χ4n) is 3.41. The lowest BCUT2D eigenvalue weighted by atomic mass is 9.95. The quantitative estimate of drug-likeness (QED) is 0.618. The van der Waals surface area contributed by atoms with E-state index in [-0.39, 0.29) is 17.4 Å². The third-order valence-corrected chi connectivity index (χ3v) is 4.88. The van der Waals surface area contributed by atoms with Crippen molar-refractivity contribution in [2.75, 3.05) is 0 Å². The van der Waals surface area contributed by atoms with E-state index in [1.807, 2.05) is 32.9 Å². The molecular formula is C22H23N3O3. The smallest absolute Gasteiger partial charge is 0.290 e. The van der Waals surface area contributed by atoms with Crippen molar-refractivity contribution in [1.29, 1.82) is 5.26 Å². The van der Waals surface area contributed by atoms with Crippen molar-refractivity contribution in [3.63, 3.8) is 0 Å². The van der Waals surface area contributed by atoms with Crippen LogP contribution >= 0.6 is 0 Å². The van der Waals surface area contributed by atoms with Crippen LogP contribution in [0.4, 0.5) is 0 Å². The predicted molar refractivity (Wildman–Crippen MR) is 107 cm³/mol. The van der Waals surface area contributed by atoms with Crippen LogP contribution in [0.25, 0.3) is 6.08 Å². The lowest BCUT2D eigenvalue weighted by molar-refractivity contribution is 0.102. The van der Waals surface area contributed by atoms with Crippen LogP contribution in [0, 0.1) is 24.2 Å². The predicted octanol–water partition coefficient (Wildman–Crippen LogP) is 3.15. The van der Waals surface area contributed by atoms with E-state index < -0.39 is 11.2 Å². The Hall–Kier alpha value is -3.20. The van der Waals surface area contributed by atoms with Crippen molar-refractivity contribution < 1.29 is 4.79 Å². The van der Waals surface area contributed by atoms with E-state index in [0.717, 1.165) is 24.0 Å². The van der Waals surface area contributed by atoms with Crippen LogP contribution in [-0.4, -0.2) is 15.3 Å². The van der Waals surface area contributed by atoms with Gasteiger partial charge >= 0.3 is 5.69 Å². The highest BCUT2D eigenvalue weighted by Crippen LogP contribution is 2.31. The highest BCUT2D eigenvalue weighted by atomic mass is 16.2. The van der Waals surface area contributed by atoms with Crippen LogP contribution in [0.15, 0.2) is 33.9 Å². The van der Waals surface area contributed by atoms with E-state index in [0.29, 0.717) is 23.6 Å². The Morgan fingerprint density at radius 3 is 2.64 bits per heavy atom. The van der Waals surface area contributed by atoms with Crippen LogP contribution in [0.3, 0.4) is 0 Å². The number of aromatic nitrogens is 2. The summed E-state index contributed by atoms with van der Waals surface area (Å²) in [4.78, 5) is 40.9. The van der Waals surface area contributed by atoms with E-state index in [2.05, 4.69) is 4.98 Å². The molecule has 1 N–H and O–H groups in total. The summed E-state index contributed by atoms with van der Waals surface area (Å²) < 4.78 is 1.43. The van der Waals surface area contributed by atoms with Gasteiger partial charge in [-0.25, -0.2) is 4.79 Å². The van der Waals surface area contributed by atoms with Gasteiger partial charge in [-0.1, -0.05) is 19.9 Å². The molecule has 1 saturated carbocycles. The topological polar surface area (TPSA) is 95.7 Å². The number of ketones is 1. The zero-order valence-corrected chi connectivity index (χ0v) is 16.3. The highest BCUT2D eigenvalue weighted by Gasteiger charge is 2.29. The van der Waals surface area contributed by atoms with Crippen LogP contribution in [-0.2, 0) is 6.54 Å². The van der Waals surface area contributed by atoms with Crippen molar-refractivity contribution in [1.82, 2.24) is 9.55 Å². The second-order valence-electron chi connectivity index (χ2n) is 7.65. The standard InChI is InChI=1S/C22H23N3O3/c1-13(2)18-19(25(12-15-6-7-15)22(28)24-21(18)27)20(26)17-10-14(3)9-16(11-17)5-4-8-23/h4-5,9-11,13,15H,6-7,12H2,1-3H3,(H,24,27,28)/b5-4+. The van der Waals surface area contributed by atoms with Gasteiger partial charge < -0.3 is 0 Å². The van der Waals surface area contributed by atoms with Crippen LogP contribution in [0.2, 0.25) is 0 Å². The first kappa shape index (κ1) is 19.6. The molecule has 0 aliphatic heterocycles. The molecule has 3 rings (SSSR count). The number of hydrogen-bond donors (Lipinski definition) is 1. The molecule has 6 heteroatoms. The maximum absolute atomic E-state index is 13.5. The van der Waals surface area contributed by atoms with Gasteiger partial charge in [-0.15, -0.1) is 0 Å². The largest absolute Gasteiger partial charge is 0.328 e. The average molecular weight is 377 g/mol. The molecule has 0 spiro atoms. The molecule has 1 aliphatic carbocycles. The summed E-state index contributed by atoms with van der Waals surface area (Å²) in [5, 5.41) is 8.76. The van der Waals surface area contributed by atoms with Crippen molar-refractivity contribution in [3.05, 3.63) is 73.1 Å². The fourth-order valence-corrected chi connectivity index (χ4v) is 3.41. The van der Waals surface area contributed by atoms with Crippen molar-refractivity contribution in [2.24, 2.45) is 5.92 Å². The molecule has 6 nitrogen and oxygen atoms in total. The Kier molecular flexibility index (Phi) is 5.46. The molecule has 2 aromatic rings. The number of nitriles is 1. The Balaban J connectivity index is 2.22. The molecule has 144 valence electrons. The maximum Gasteiger partial charge on any atom is 0.328 e. The lowest BCUT2D eigenvalue weighted by Gasteiger charge is -2.17. The molecule has 0 unspecified atom stereocenters. The van der Waals surface area contributed by atoms with Crippen molar-refractivity contribution in [3.8, 4) is 6.07 Å². The first-order valence-electron chi connectivity index (χ1n) is 9.41. The molecule has 1 aromatic heterocycles. The Morgan fingerprint density at radius 2 is 2.04 bits per heavy atom. The van der Waals surface area contributed by atoms with E-state index in [1.54, 1.807) is 18.2 Å². The Bertz CT molecular complexity index is 1110. The zero-order chi connectivity index (χ0) is 20.4. The highest BCUT2D eigenvalue weighted by molar-refractivity contribution is 6.09. The number of benzene rings is 1. The zero-order valence-electron chi connectivity index (χ0n) is 16.3. The number of carbonyl (C=O) groups is 1. The fraction of sp³-hybridized carbons (Fsp3) is 0.364. The number of nitrogens with one attached hydrogen (secondary N) is 1. The summed E-state index contributed by atoms with van der Waals surface area (Å²) in [5.41, 5.74) is 1.44. The average Bonchev–Trinajstić information content (AvgIpc) is 3.44. The molecule has 1 aromatic carbocycles. The monoisotopic (exact) mass is 377 g/mol. The van der Waals surface area contributed by atoms with Gasteiger partial charge in [0.25, 0.3) is 5.56 Å². The van der Waals surface area contributed by atoms with Crippen LogP contribution < -0.4 is 11.2 Å². The number of aryl methyl sites for hydroxylation is 1. The maximum atomic E-state index is 13.5. The minimum atomic E-state index is -0.540. The first-order valence-corrected chi connectivity index (χ1v) is 9.41. The normalized spacial score (nSPS) is 13.8. The molecule has 0 saturated heterocycles. The van der Waals surface area contributed by atoms with Crippen molar-refractivity contribution in [2.45, 2.75) is 46.1 Å². The van der Waals surface area contributed by atoms with Crippen LogP contribution in [0.1, 0.15) is 65.3 Å². The number of hydrogen-bond acceptors (Lipinski definition) is 4. The number of H-pyrrole nitrogens is 1. The molecule has 0 amide bonds. The van der Waals surface area contributed by atoms with Crippen LogP contribution in [0.5, 0.6) is 0 Å². The molecule has 0 atom stereocenters. The second-order valence-corrected chi connectivity index (χ2v) is 7.65. The summed E-state index contributed by atoms with van der Waals surface area (Å²) >= 11 is 0. The van der Waals surface area contributed by atoms with E-state index >= 15 is 0 Å². The SMILES string of the molecule is Cc1cc(/C=C/C#N)cc(C(=O)c2c(C(C)C)c(=O)[nH]c(=O)n2CC2CC2)c1. The summed E-state index contributed by atoms with van der Waals surface area (Å²) in [6, 6.07) is 7.22. The number of nitrogens with zero attached hydrogens (tertiary/aromatic N) is 2. The van der Waals surface area contributed by atoms with E-state index in [1.165, 1.54) is 10.6 Å². The Labute approximate surface area is 163 Å². The van der Waals surface area contributed by atoms with Gasteiger partial charge in [0.1, 0.15) is 5.69 Å². The molecule has 28 heavy (non-hydrogen) atoms. The number of carbonyl (C=O) groups excluding carboxylic acids is 1. The molecule has 1 heterocycles. The number of aromatic amines is 1. The van der Waals surface area contributed by atoms with Crippen molar-refractivity contribution >= 4 is 11.9 Å². The van der Waals surface area contributed by atoms with Gasteiger partial charge in [0.05, 0.1) is 6.07 Å². The summed E-state index contributed by atoms with van der Waals surface area (Å²) in [5.74, 6) is -0.193. The summed E-state index contributed by atoms with van der Waals surface area (Å²) in [7, 11) is 0. The van der Waals surface area contributed by atoms with Gasteiger partial charge in [0.2, 0.25) is 5.78 Å². The van der Waals surface area contributed by atoms with E-state index in [4.69, 9.17) is 5.26 Å². The molecule has 1 aliphatic rings. The molecule has 0 radical (unpaired) electrons. The van der Waals surface area contributed by atoms with Gasteiger partial charge in [-0.2, -0.15) is 5.26 Å². The van der Waals surface area contributed by atoms with Gasteiger partial charge in [-0.3, -0.25) is 19.1 Å². The third-order valence-electron chi connectivity index (χ3n) is 4.88. The second kappa shape index (κ2) is 7.81. The summed E-state index contributed by atoms with van der Waals surface area (Å²) in [6.45, 7) is 5.97. The molecular weight excluding hydrogens is 354 g/mol.